The maximum Gasteiger partial charge on any atom is 0.358 e. The number of methoxy groups -OCH3 is 1. The molecule has 0 unspecified atom stereocenters. The standard InChI is InChI=1S/C17H17Cl2N3O2/c1-22(9-10-3-7-12(18)8-4-10)16-13(19)14(17(23)24-2)20-15(21-16)11-5-6-11/h3-4,7-8,11H,5-6,9H2,1-2H3. The molecule has 1 aliphatic carbocycles. The summed E-state index contributed by atoms with van der Waals surface area (Å²) in [5.41, 5.74) is 1.18. The van der Waals surface area contributed by atoms with E-state index in [2.05, 4.69) is 9.97 Å². The maximum absolute atomic E-state index is 12.0. The van der Waals surface area contributed by atoms with E-state index in [1.807, 2.05) is 36.2 Å². The molecule has 126 valence electrons. The molecule has 0 atom stereocenters. The van der Waals surface area contributed by atoms with Crippen molar-refractivity contribution in [2.24, 2.45) is 0 Å². The van der Waals surface area contributed by atoms with E-state index < -0.39 is 5.97 Å². The first-order chi connectivity index (χ1) is 11.5. The summed E-state index contributed by atoms with van der Waals surface area (Å²) in [5, 5.41) is 0.896. The van der Waals surface area contributed by atoms with Crippen LogP contribution in [0, 0.1) is 0 Å². The molecule has 1 fully saturated rings. The van der Waals surface area contributed by atoms with Crippen LogP contribution in [0.3, 0.4) is 0 Å². The zero-order valence-corrected chi connectivity index (χ0v) is 14.9. The van der Waals surface area contributed by atoms with Gasteiger partial charge in [0.25, 0.3) is 0 Å². The van der Waals surface area contributed by atoms with Crippen LogP contribution in [0.5, 0.6) is 0 Å². The van der Waals surface area contributed by atoms with Crippen molar-refractivity contribution >= 4 is 35.0 Å². The van der Waals surface area contributed by atoms with Crippen molar-refractivity contribution in [1.29, 1.82) is 0 Å². The van der Waals surface area contributed by atoms with Gasteiger partial charge < -0.3 is 9.64 Å². The molecule has 1 saturated carbocycles. The summed E-state index contributed by atoms with van der Waals surface area (Å²) in [6.07, 6.45) is 2.06. The van der Waals surface area contributed by atoms with Gasteiger partial charge in [0.1, 0.15) is 10.8 Å². The van der Waals surface area contributed by atoms with E-state index in [9.17, 15) is 4.79 Å². The first-order valence-electron chi connectivity index (χ1n) is 7.61. The molecular weight excluding hydrogens is 349 g/mol. The number of hydrogen-bond donors (Lipinski definition) is 0. The van der Waals surface area contributed by atoms with Crippen LogP contribution in [0.15, 0.2) is 24.3 Å². The third kappa shape index (κ3) is 3.62. The van der Waals surface area contributed by atoms with E-state index in [4.69, 9.17) is 27.9 Å². The highest BCUT2D eigenvalue weighted by Crippen LogP contribution is 2.40. The van der Waals surface area contributed by atoms with Gasteiger partial charge in [0.2, 0.25) is 0 Å². The van der Waals surface area contributed by atoms with Crippen molar-refractivity contribution in [3.05, 3.63) is 51.4 Å². The Labute approximate surface area is 150 Å². The van der Waals surface area contributed by atoms with E-state index in [1.54, 1.807) is 0 Å². The number of nitrogens with zero attached hydrogens (tertiary/aromatic N) is 3. The lowest BCUT2D eigenvalue weighted by molar-refractivity contribution is 0.0593. The summed E-state index contributed by atoms with van der Waals surface area (Å²) in [6.45, 7) is 0.582. The molecule has 0 amide bonds. The van der Waals surface area contributed by atoms with Crippen molar-refractivity contribution in [1.82, 2.24) is 9.97 Å². The molecular formula is C17H17Cl2N3O2. The predicted molar refractivity (Wildman–Crippen MR) is 93.9 cm³/mol. The first kappa shape index (κ1) is 17.0. The van der Waals surface area contributed by atoms with Gasteiger partial charge in [-0.25, -0.2) is 14.8 Å². The normalized spacial score (nSPS) is 13.7. The number of ether oxygens (including phenoxy) is 1. The Morgan fingerprint density at radius 1 is 1.25 bits per heavy atom. The van der Waals surface area contributed by atoms with Crippen LogP contribution in [-0.4, -0.2) is 30.1 Å². The topological polar surface area (TPSA) is 55.3 Å². The Hall–Kier alpha value is -1.85. The van der Waals surface area contributed by atoms with Crippen molar-refractivity contribution in [2.75, 3.05) is 19.1 Å². The minimum Gasteiger partial charge on any atom is -0.464 e. The molecule has 0 bridgehead atoms. The van der Waals surface area contributed by atoms with E-state index in [0.29, 0.717) is 29.1 Å². The molecule has 1 aromatic carbocycles. The summed E-state index contributed by atoms with van der Waals surface area (Å²) >= 11 is 12.3. The Bertz CT molecular complexity index is 761. The molecule has 0 saturated heterocycles. The van der Waals surface area contributed by atoms with Crippen LogP contribution < -0.4 is 4.90 Å². The molecule has 0 spiro atoms. The molecule has 1 aliphatic rings. The lowest BCUT2D eigenvalue weighted by Crippen LogP contribution is -2.21. The second-order valence-corrected chi connectivity index (χ2v) is 6.63. The second-order valence-electron chi connectivity index (χ2n) is 5.82. The van der Waals surface area contributed by atoms with Crippen molar-refractivity contribution in [2.45, 2.75) is 25.3 Å². The Morgan fingerprint density at radius 3 is 2.50 bits per heavy atom. The zero-order chi connectivity index (χ0) is 17.3. The van der Waals surface area contributed by atoms with Crippen LogP contribution in [-0.2, 0) is 11.3 Å². The van der Waals surface area contributed by atoms with Gasteiger partial charge in [0.05, 0.1) is 7.11 Å². The van der Waals surface area contributed by atoms with Crippen LogP contribution in [0.2, 0.25) is 10.0 Å². The predicted octanol–water partition coefficient (Wildman–Crippen LogP) is 4.08. The minimum absolute atomic E-state index is 0.119. The highest BCUT2D eigenvalue weighted by molar-refractivity contribution is 6.35. The number of hydrogen-bond acceptors (Lipinski definition) is 5. The number of carbonyl (C=O) groups excluding carboxylic acids is 1. The van der Waals surface area contributed by atoms with Gasteiger partial charge in [0.15, 0.2) is 11.5 Å². The summed E-state index contributed by atoms with van der Waals surface area (Å²) in [5.74, 6) is 0.931. The number of benzene rings is 1. The van der Waals surface area contributed by atoms with E-state index in [0.717, 1.165) is 18.4 Å². The van der Waals surface area contributed by atoms with Gasteiger partial charge in [-0.3, -0.25) is 0 Å². The molecule has 24 heavy (non-hydrogen) atoms. The fraction of sp³-hybridized carbons (Fsp3) is 0.353. The summed E-state index contributed by atoms with van der Waals surface area (Å²) in [6, 6.07) is 7.55. The molecule has 1 aromatic heterocycles. The number of anilines is 1. The molecule has 0 N–H and O–H groups in total. The van der Waals surface area contributed by atoms with Crippen LogP contribution in [0.1, 0.15) is 40.6 Å². The van der Waals surface area contributed by atoms with Crippen LogP contribution in [0.4, 0.5) is 5.82 Å². The maximum atomic E-state index is 12.0. The van der Waals surface area contributed by atoms with Crippen molar-refractivity contribution < 1.29 is 9.53 Å². The molecule has 5 nitrogen and oxygen atoms in total. The average Bonchev–Trinajstić information content (AvgIpc) is 3.41. The third-order valence-electron chi connectivity index (χ3n) is 3.87. The molecule has 7 heteroatoms. The molecule has 0 radical (unpaired) electrons. The van der Waals surface area contributed by atoms with Gasteiger partial charge >= 0.3 is 5.97 Å². The van der Waals surface area contributed by atoms with E-state index in [1.165, 1.54) is 7.11 Å². The first-order valence-corrected chi connectivity index (χ1v) is 8.36. The second kappa shape index (κ2) is 6.95. The fourth-order valence-corrected chi connectivity index (χ4v) is 2.83. The molecule has 3 rings (SSSR count). The Balaban J connectivity index is 1.94. The number of halogens is 2. The van der Waals surface area contributed by atoms with Gasteiger partial charge in [-0.2, -0.15) is 0 Å². The highest BCUT2D eigenvalue weighted by Gasteiger charge is 2.30. The summed E-state index contributed by atoms with van der Waals surface area (Å²) in [7, 11) is 3.19. The zero-order valence-electron chi connectivity index (χ0n) is 13.4. The summed E-state index contributed by atoms with van der Waals surface area (Å²) in [4.78, 5) is 22.7. The fourth-order valence-electron chi connectivity index (χ4n) is 2.40. The van der Waals surface area contributed by atoms with Crippen molar-refractivity contribution in [3.8, 4) is 0 Å². The number of esters is 1. The van der Waals surface area contributed by atoms with E-state index in [-0.39, 0.29) is 10.7 Å². The van der Waals surface area contributed by atoms with Crippen molar-refractivity contribution in [3.63, 3.8) is 0 Å². The Morgan fingerprint density at radius 2 is 1.92 bits per heavy atom. The number of aromatic nitrogens is 2. The van der Waals surface area contributed by atoms with Gasteiger partial charge in [-0.05, 0) is 30.5 Å². The van der Waals surface area contributed by atoms with Gasteiger partial charge in [0, 0.05) is 24.5 Å². The quantitative estimate of drug-likeness (QED) is 0.747. The van der Waals surface area contributed by atoms with E-state index >= 15 is 0 Å². The lowest BCUT2D eigenvalue weighted by atomic mass is 10.2. The number of rotatable bonds is 5. The monoisotopic (exact) mass is 365 g/mol. The lowest BCUT2D eigenvalue weighted by Gasteiger charge is -2.21. The smallest absolute Gasteiger partial charge is 0.358 e. The number of carbonyl (C=O) groups is 1. The third-order valence-corrected chi connectivity index (χ3v) is 4.47. The SMILES string of the molecule is COC(=O)c1nc(C2CC2)nc(N(C)Cc2ccc(Cl)cc2)c1Cl. The highest BCUT2D eigenvalue weighted by atomic mass is 35.5. The molecule has 0 aliphatic heterocycles. The largest absolute Gasteiger partial charge is 0.464 e. The molecule has 1 heterocycles. The summed E-state index contributed by atoms with van der Waals surface area (Å²) < 4.78 is 4.79. The van der Waals surface area contributed by atoms with Gasteiger partial charge in [-0.15, -0.1) is 0 Å². The van der Waals surface area contributed by atoms with Crippen LogP contribution in [0.25, 0.3) is 0 Å². The van der Waals surface area contributed by atoms with Crippen LogP contribution >= 0.6 is 23.2 Å². The Kier molecular flexibility index (Phi) is 4.92. The molecule has 2 aromatic rings. The minimum atomic E-state index is -0.551. The van der Waals surface area contributed by atoms with Gasteiger partial charge in [-0.1, -0.05) is 35.3 Å². The average molecular weight is 366 g/mol.